The fourth-order valence-corrected chi connectivity index (χ4v) is 6.57. The maximum absolute atomic E-state index is 14.0. The molecule has 2 fully saturated rings. The summed E-state index contributed by atoms with van der Waals surface area (Å²) in [6.45, 7) is 1.30. The highest BCUT2D eigenvalue weighted by atomic mass is 16.5. The maximum atomic E-state index is 14.0. The highest BCUT2D eigenvalue weighted by Crippen LogP contribution is 2.44. The van der Waals surface area contributed by atoms with Gasteiger partial charge in [0.15, 0.2) is 0 Å². The molecule has 6 rings (SSSR count). The lowest BCUT2D eigenvalue weighted by Crippen LogP contribution is -2.62. The number of nitrogens with zero attached hydrogens (tertiary/aromatic N) is 2. The number of aliphatic hydroxyl groups excluding tert-OH is 1. The van der Waals surface area contributed by atoms with Crippen LogP contribution < -0.4 is 5.32 Å². The number of hydrogen-bond acceptors (Lipinski definition) is 6. The van der Waals surface area contributed by atoms with Crippen molar-refractivity contribution in [1.82, 2.24) is 15.1 Å². The van der Waals surface area contributed by atoms with Crippen LogP contribution in [-0.4, -0.2) is 81.9 Å². The Morgan fingerprint density at radius 1 is 0.927 bits per heavy atom. The normalized spacial score (nSPS) is 23.7. The van der Waals surface area contributed by atoms with Crippen LogP contribution in [-0.2, 0) is 20.9 Å². The molecule has 3 atom stereocenters. The van der Waals surface area contributed by atoms with Gasteiger partial charge in [-0.3, -0.25) is 9.69 Å². The number of alkyl carbamates (subject to hydrolysis) is 1. The second-order valence-electron chi connectivity index (χ2n) is 11.2. The number of nitrogens with one attached hydrogen (secondary N) is 1. The molecule has 212 valence electrons. The first-order valence-electron chi connectivity index (χ1n) is 14.0. The van der Waals surface area contributed by atoms with Crippen molar-refractivity contribution in [3.05, 3.63) is 95.6 Å². The van der Waals surface area contributed by atoms with Gasteiger partial charge in [-0.15, -0.1) is 0 Å². The Morgan fingerprint density at radius 2 is 1.56 bits per heavy atom. The van der Waals surface area contributed by atoms with E-state index >= 15 is 0 Å². The molecule has 0 aromatic heterocycles. The number of carbonyl (C=O) groups is 3. The van der Waals surface area contributed by atoms with Gasteiger partial charge in [0, 0.05) is 38.5 Å². The zero-order chi connectivity index (χ0) is 28.6. The van der Waals surface area contributed by atoms with Gasteiger partial charge < -0.3 is 25.2 Å². The topological polar surface area (TPSA) is 119 Å². The minimum Gasteiger partial charge on any atom is -0.480 e. The number of likely N-dealkylation sites (tertiary alicyclic amines) is 2. The van der Waals surface area contributed by atoms with E-state index in [1.807, 2.05) is 66.7 Å². The van der Waals surface area contributed by atoms with Crippen LogP contribution in [0.25, 0.3) is 11.1 Å². The van der Waals surface area contributed by atoms with Crippen LogP contribution in [0.2, 0.25) is 0 Å². The van der Waals surface area contributed by atoms with E-state index in [2.05, 4.69) is 22.3 Å². The molecule has 0 saturated carbocycles. The second-order valence-corrected chi connectivity index (χ2v) is 11.2. The Balaban J connectivity index is 1.21. The Kier molecular flexibility index (Phi) is 7.23. The van der Waals surface area contributed by atoms with E-state index in [9.17, 15) is 24.6 Å². The van der Waals surface area contributed by atoms with Crippen LogP contribution in [0.5, 0.6) is 0 Å². The Hall–Kier alpha value is -4.21. The Morgan fingerprint density at radius 3 is 2.22 bits per heavy atom. The van der Waals surface area contributed by atoms with Crippen LogP contribution in [0.4, 0.5) is 4.79 Å². The SMILES string of the molecule is O=C(NC1(C(=O)N2C[C@@H](O)C[C@H]2C(=O)O)CCN(Cc2ccccc2)C1)OCC1c2ccccc2-c2ccccc21. The van der Waals surface area contributed by atoms with E-state index in [1.165, 1.54) is 4.90 Å². The third-order valence-electron chi connectivity index (χ3n) is 8.52. The summed E-state index contributed by atoms with van der Waals surface area (Å²) in [4.78, 5) is 42.6. The number of aliphatic hydroxyl groups is 1. The first-order chi connectivity index (χ1) is 19.8. The van der Waals surface area contributed by atoms with Gasteiger partial charge in [-0.2, -0.15) is 0 Å². The molecule has 3 aromatic rings. The molecule has 2 saturated heterocycles. The van der Waals surface area contributed by atoms with Gasteiger partial charge >= 0.3 is 12.1 Å². The van der Waals surface area contributed by atoms with Gasteiger partial charge in [-0.05, 0) is 34.2 Å². The molecule has 9 heteroatoms. The molecular formula is C32H33N3O6. The predicted octanol–water partition coefficient (Wildman–Crippen LogP) is 3.22. The lowest BCUT2D eigenvalue weighted by molar-refractivity contribution is -0.150. The Bertz CT molecular complexity index is 1420. The molecule has 0 bridgehead atoms. The van der Waals surface area contributed by atoms with Crippen molar-refractivity contribution in [2.45, 2.75) is 43.0 Å². The minimum atomic E-state index is -1.38. The zero-order valence-corrected chi connectivity index (χ0v) is 22.6. The summed E-state index contributed by atoms with van der Waals surface area (Å²) in [6.07, 6.45) is -1.42. The van der Waals surface area contributed by atoms with Gasteiger partial charge in [0.1, 0.15) is 18.2 Å². The third kappa shape index (κ3) is 5.18. The van der Waals surface area contributed by atoms with E-state index in [4.69, 9.17) is 4.74 Å². The van der Waals surface area contributed by atoms with Crippen molar-refractivity contribution in [2.24, 2.45) is 0 Å². The number of hydrogen-bond donors (Lipinski definition) is 3. The highest BCUT2D eigenvalue weighted by Gasteiger charge is 2.52. The zero-order valence-electron chi connectivity index (χ0n) is 22.6. The van der Waals surface area contributed by atoms with Crippen LogP contribution in [0.1, 0.15) is 35.4 Å². The van der Waals surface area contributed by atoms with Crippen LogP contribution in [0.3, 0.4) is 0 Å². The van der Waals surface area contributed by atoms with Crippen LogP contribution in [0, 0.1) is 0 Å². The molecule has 0 radical (unpaired) electrons. The van der Waals surface area contributed by atoms with Crippen molar-refractivity contribution >= 4 is 18.0 Å². The van der Waals surface area contributed by atoms with E-state index < -0.39 is 35.7 Å². The number of amides is 2. The minimum absolute atomic E-state index is 0.0458. The van der Waals surface area contributed by atoms with E-state index in [1.54, 1.807) is 0 Å². The standard InChI is InChI=1S/C32H33N3O6/c36-22-16-28(29(37)38)35(18-22)30(39)32(14-15-34(20-32)17-21-8-2-1-3-9-21)33-31(40)41-19-27-25-12-6-4-10-23(25)24-11-5-7-13-26(24)27/h1-13,22,27-28,36H,14-20H2,(H,33,40)(H,37,38)/t22-,28-,32?/m0/s1. The molecule has 3 aliphatic rings. The molecule has 9 nitrogen and oxygen atoms in total. The lowest BCUT2D eigenvalue weighted by atomic mass is 9.96. The summed E-state index contributed by atoms with van der Waals surface area (Å²) in [6, 6.07) is 24.8. The third-order valence-corrected chi connectivity index (χ3v) is 8.52. The van der Waals surface area contributed by atoms with Crippen molar-refractivity contribution in [1.29, 1.82) is 0 Å². The number of aliphatic carboxylic acids is 1. The van der Waals surface area contributed by atoms with Gasteiger partial charge in [-0.25, -0.2) is 9.59 Å². The summed E-state index contributed by atoms with van der Waals surface area (Å²) < 4.78 is 5.78. The number of β-amino-alcohol motifs (C(OH)–C–C–N with tert-alkyl or cyclic N) is 1. The molecule has 2 amide bonds. The molecule has 1 aliphatic carbocycles. The molecule has 41 heavy (non-hydrogen) atoms. The van der Waals surface area contributed by atoms with Gasteiger partial charge in [0.25, 0.3) is 5.91 Å². The molecule has 2 heterocycles. The fraction of sp³-hybridized carbons (Fsp3) is 0.344. The van der Waals surface area contributed by atoms with E-state index in [0.29, 0.717) is 19.5 Å². The summed E-state index contributed by atoms with van der Waals surface area (Å²) in [5.74, 6) is -1.82. The largest absolute Gasteiger partial charge is 0.480 e. The predicted molar refractivity (Wildman–Crippen MR) is 151 cm³/mol. The van der Waals surface area contributed by atoms with Gasteiger partial charge in [-0.1, -0.05) is 78.9 Å². The van der Waals surface area contributed by atoms with E-state index in [0.717, 1.165) is 27.8 Å². The summed E-state index contributed by atoms with van der Waals surface area (Å²) in [5, 5.41) is 22.8. The monoisotopic (exact) mass is 555 g/mol. The second kappa shape index (κ2) is 11.0. The van der Waals surface area contributed by atoms with Gasteiger partial charge in [0.2, 0.25) is 0 Å². The summed E-state index contributed by atoms with van der Waals surface area (Å²) in [5.41, 5.74) is 4.08. The summed E-state index contributed by atoms with van der Waals surface area (Å²) >= 11 is 0. The Labute approximate surface area is 238 Å². The fourth-order valence-electron chi connectivity index (χ4n) is 6.57. The quantitative estimate of drug-likeness (QED) is 0.410. The molecular weight excluding hydrogens is 522 g/mol. The average Bonchev–Trinajstić information content (AvgIpc) is 3.66. The van der Waals surface area contributed by atoms with Crippen LogP contribution in [0.15, 0.2) is 78.9 Å². The molecule has 1 unspecified atom stereocenters. The van der Waals surface area contributed by atoms with E-state index in [-0.39, 0.29) is 32.0 Å². The number of benzene rings is 3. The maximum Gasteiger partial charge on any atom is 0.408 e. The molecule has 0 spiro atoms. The lowest BCUT2D eigenvalue weighted by Gasteiger charge is -2.34. The number of carboxylic acid groups (broad SMARTS) is 1. The average molecular weight is 556 g/mol. The first kappa shape index (κ1) is 27.0. The number of rotatable bonds is 7. The number of ether oxygens (including phenoxy) is 1. The molecule has 3 N–H and O–H groups in total. The first-order valence-corrected chi connectivity index (χ1v) is 14.0. The van der Waals surface area contributed by atoms with Crippen molar-refractivity contribution in [3.8, 4) is 11.1 Å². The molecule has 2 aliphatic heterocycles. The van der Waals surface area contributed by atoms with Crippen molar-refractivity contribution in [3.63, 3.8) is 0 Å². The van der Waals surface area contributed by atoms with Crippen molar-refractivity contribution < 1.29 is 29.3 Å². The summed E-state index contributed by atoms with van der Waals surface area (Å²) in [7, 11) is 0. The number of carbonyl (C=O) groups excluding carboxylic acids is 2. The van der Waals surface area contributed by atoms with Crippen LogP contribution >= 0.6 is 0 Å². The van der Waals surface area contributed by atoms with Crippen molar-refractivity contribution in [2.75, 3.05) is 26.2 Å². The molecule has 3 aromatic carbocycles. The number of fused-ring (bicyclic) bond motifs is 3. The number of carboxylic acids is 1. The van der Waals surface area contributed by atoms with Gasteiger partial charge in [0.05, 0.1) is 6.10 Å². The highest BCUT2D eigenvalue weighted by molar-refractivity contribution is 5.94. The smallest absolute Gasteiger partial charge is 0.408 e.